The molecule has 1 aliphatic carbocycles. The van der Waals surface area contributed by atoms with E-state index in [9.17, 15) is 4.21 Å². The van der Waals surface area contributed by atoms with Gasteiger partial charge < -0.3 is 5.73 Å². The van der Waals surface area contributed by atoms with E-state index in [4.69, 9.17) is 5.73 Å². The minimum atomic E-state index is -0.788. The zero-order valence-corrected chi connectivity index (χ0v) is 10.4. The first kappa shape index (κ1) is 12.2. The van der Waals surface area contributed by atoms with Crippen molar-refractivity contribution >= 4 is 10.8 Å². The molecule has 0 aromatic carbocycles. The van der Waals surface area contributed by atoms with E-state index in [1.54, 1.807) is 0 Å². The summed E-state index contributed by atoms with van der Waals surface area (Å²) in [5.74, 6) is 1.30. The number of rotatable bonds is 3. The largest absolute Gasteiger partial charge is 0.327 e. The van der Waals surface area contributed by atoms with E-state index in [1.165, 1.54) is 25.7 Å². The smallest absolute Gasteiger partial charge is 0.0394 e. The summed E-state index contributed by atoms with van der Waals surface area (Å²) in [6, 6.07) is 0.151. The molecular weight excluding hydrogens is 194 g/mol. The lowest BCUT2D eigenvalue weighted by atomic mass is 10.0. The van der Waals surface area contributed by atoms with Gasteiger partial charge in [0, 0.05) is 27.3 Å². The van der Waals surface area contributed by atoms with E-state index >= 15 is 0 Å². The van der Waals surface area contributed by atoms with Crippen LogP contribution in [0.4, 0.5) is 0 Å². The van der Waals surface area contributed by atoms with Crippen LogP contribution in [0.2, 0.25) is 0 Å². The molecular formula is C11H23NOS. The fourth-order valence-corrected chi connectivity index (χ4v) is 3.07. The molecule has 1 fully saturated rings. The molecule has 0 saturated heterocycles. The Balaban J connectivity index is 2.39. The lowest BCUT2D eigenvalue weighted by molar-refractivity contribution is 0.458. The molecule has 0 bridgehead atoms. The van der Waals surface area contributed by atoms with Gasteiger partial charge in [-0.1, -0.05) is 12.8 Å². The van der Waals surface area contributed by atoms with Gasteiger partial charge in [0.25, 0.3) is 0 Å². The number of hydrogen-bond donors (Lipinski definition) is 1. The summed E-state index contributed by atoms with van der Waals surface area (Å²) in [5.41, 5.74) is 6.08. The molecule has 1 aliphatic rings. The highest BCUT2D eigenvalue weighted by Gasteiger charge is 2.27. The predicted molar refractivity (Wildman–Crippen MR) is 62.7 cm³/mol. The first-order valence-electron chi connectivity index (χ1n) is 5.55. The first-order chi connectivity index (χ1) is 6.41. The van der Waals surface area contributed by atoms with Crippen LogP contribution in [0.25, 0.3) is 0 Å². The second-order valence-electron chi connectivity index (χ2n) is 5.33. The highest BCUT2D eigenvalue weighted by molar-refractivity contribution is 7.86. The van der Waals surface area contributed by atoms with Crippen molar-refractivity contribution in [1.82, 2.24) is 0 Å². The second kappa shape index (κ2) is 4.75. The minimum Gasteiger partial charge on any atom is -0.327 e. The summed E-state index contributed by atoms with van der Waals surface area (Å²) in [6.45, 7) is 6.05. The van der Waals surface area contributed by atoms with Gasteiger partial charge in [0.15, 0.2) is 0 Å². The summed E-state index contributed by atoms with van der Waals surface area (Å²) in [6.07, 6.45) is 5.09. The monoisotopic (exact) mass is 217 g/mol. The summed E-state index contributed by atoms with van der Waals surface area (Å²) in [7, 11) is -0.788. The van der Waals surface area contributed by atoms with E-state index in [2.05, 4.69) is 0 Å². The Morgan fingerprint density at radius 1 is 1.36 bits per heavy atom. The first-order valence-corrected chi connectivity index (χ1v) is 6.87. The third kappa shape index (κ3) is 3.35. The molecule has 2 N–H and O–H groups in total. The minimum absolute atomic E-state index is 0.115. The van der Waals surface area contributed by atoms with Gasteiger partial charge in [0.05, 0.1) is 0 Å². The molecule has 0 aromatic rings. The molecule has 0 aliphatic heterocycles. The number of nitrogens with two attached hydrogens (primary N) is 1. The molecule has 2 atom stereocenters. The lowest BCUT2D eigenvalue weighted by Gasteiger charge is -2.23. The zero-order valence-electron chi connectivity index (χ0n) is 9.58. The van der Waals surface area contributed by atoms with Crippen molar-refractivity contribution in [1.29, 1.82) is 0 Å². The highest BCUT2D eigenvalue weighted by Crippen LogP contribution is 2.28. The Hall–Kier alpha value is 0.110. The molecule has 14 heavy (non-hydrogen) atoms. The molecule has 0 radical (unpaired) electrons. The maximum absolute atomic E-state index is 11.9. The van der Waals surface area contributed by atoms with Crippen LogP contribution in [-0.2, 0) is 10.8 Å². The summed E-state index contributed by atoms with van der Waals surface area (Å²) in [4.78, 5) is 0. The van der Waals surface area contributed by atoms with Crippen LogP contribution in [0.1, 0.15) is 46.5 Å². The van der Waals surface area contributed by atoms with Gasteiger partial charge in [-0.25, -0.2) is 0 Å². The van der Waals surface area contributed by atoms with Crippen molar-refractivity contribution in [2.24, 2.45) is 11.7 Å². The van der Waals surface area contributed by atoms with Crippen molar-refractivity contribution in [3.63, 3.8) is 0 Å². The second-order valence-corrected chi connectivity index (χ2v) is 7.58. The van der Waals surface area contributed by atoms with Gasteiger partial charge in [-0.3, -0.25) is 4.21 Å². The van der Waals surface area contributed by atoms with Gasteiger partial charge in [-0.05, 0) is 39.5 Å². The third-order valence-electron chi connectivity index (χ3n) is 3.03. The van der Waals surface area contributed by atoms with Gasteiger partial charge >= 0.3 is 0 Å². The van der Waals surface area contributed by atoms with Gasteiger partial charge in [-0.2, -0.15) is 0 Å². The average Bonchev–Trinajstić information content (AvgIpc) is 2.53. The summed E-state index contributed by atoms with van der Waals surface area (Å²) >= 11 is 0. The molecule has 0 aromatic heterocycles. The van der Waals surface area contributed by atoms with Crippen LogP contribution in [-0.4, -0.2) is 20.8 Å². The molecule has 0 spiro atoms. The third-order valence-corrected chi connectivity index (χ3v) is 5.09. The van der Waals surface area contributed by atoms with E-state index in [-0.39, 0.29) is 10.8 Å². The van der Waals surface area contributed by atoms with Crippen molar-refractivity contribution in [3.05, 3.63) is 0 Å². The average molecular weight is 217 g/mol. The van der Waals surface area contributed by atoms with E-state index in [1.807, 2.05) is 20.8 Å². The van der Waals surface area contributed by atoms with Gasteiger partial charge in [-0.15, -0.1) is 0 Å². The van der Waals surface area contributed by atoms with E-state index in [0.717, 1.165) is 0 Å². The molecule has 3 heteroatoms. The molecule has 1 saturated carbocycles. The quantitative estimate of drug-likeness (QED) is 0.786. The highest BCUT2D eigenvalue weighted by atomic mass is 32.2. The van der Waals surface area contributed by atoms with Crippen molar-refractivity contribution in [2.45, 2.75) is 57.2 Å². The van der Waals surface area contributed by atoms with Crippen LogP contribution in [0.5, 0.6) is 0 Å². The van der Waals surface area contributed by atoms with Crippen molar-refractivity contribution < 1.29 is 4.21 Å². The lowest BCUT2D eigenvalue weighted by Crippen LogP contribution is -2.38. The maximum Gasteiger partial charge on any atom is 0.0394 e. The van der Waals surface area contributed by atoms with E-state index in [0.29, 0.717) is 11.7 Å². The van der Waals surface area contributed by atoms with Gasteiger partial charge in [0.1, 0.15) is 0 Å². The van der Waals surface area contributed by atoms with Crippen LogP contribution >= 0.6 is 0 Å². The SMILES string of the molecule is CC(C)(C)S(=O)CC(N)C1CCCC1. The van der Waals surface area contributed by atoms with Crippen molar-refractivity contribution in [3.8, 4) is 0 Å². The summed E-state index contributed by atoms with van der Waals surface area (Å²) < 4.78 is 11.7. The fraction of sp³-hybridized carbons (Fsp3) is 1.00. The molecule has 2 unspecified atom stereocenters. The number of hydrogen-bond acceptors (Lipinski definition) is 2. The van der Waals surface area contributed by atoms with Crippen LogP contribution < -0.4 is 5.73 Å². The van der Waals surface area contributed by atoms with E-state index < -0.39 is 10.8 Å². The Bertz CT molecular complexity index is 204. The Morgan fingerprint density at radius 2 is 1.86 bits per heavy atom. The Labute approximate surface area is 90.1 Å². The Morgan fingerprint density at radius 3 is 2.29 bits per heavy atom. The Kier molecular flexibility index (Phi) is 4.14. The van der Waals surface area contributed by atoms with Crippen LogP contribution in [0.15, 0.2) is 0 Å². The summed E-state index contributed by atoms with van der Waals surface area (Å²) in [5, 5.41) is 0. The molecule has 2 nitrogen and oxygen atoms in total. The standard InChI is InChI=1S/C11H23NOS/c1-11(2,3)14(13)8-10(12)9-6-4-5-7-9/h9-10H,4-8,12H2,1-3H3. The topological polar surface area (TPSA) is 43.1 Å². The van der Waals surface area contributed by atoms with Crippen molar-refractivity contribution in [2.75, 3.05) is 5.75 Å². The molecule has 0 heterocycles. The van der Waals surface area contributed by atoms with Crippen LogP contribution in [0.3, 0.4) is 0 Å². The maximum atomic E-state index is 11.9. The molecule has 0 amide bonds. The van der Waals surface area contributed by atoms with Gasteiger partial charge in [0.2, 0.25) is 0 Å². The fourth-order valence-electron chi connectivity index (χ4n) is 1.95. The zero-order chi connectivity index (χ0) is 10.8. The molecule has 1 rings (SSSR count). The normalized spacial score (nSPS) is 23.7. The predicted octanol–water partition coefficient (Wildman–Crippen LogP) is 2.05. The van der Waals surface area contributed by atoms with Crippen LogP contribution in [0, 0.1) is 5.92 Å². The molecule has 84 valence electrons.